The number of anilines is 2. The summed E-state index contributed by atoms with van der Waals surface area (Å²) in [6.45, 7) is -3.42. The molecule has 3 fully saturated rings. The summed E-state index contributed by atoms with van der Waals surface area (Å²) in [6.07, 6.45) is -15.9. The molecule has 3 aliphatic heterocycles. The summed E-state index contributed by atoms with van der Waals surface area (Å²) >= 11 is 0. The average molecular weight is 1120 g/mol. The third-order valence-corrected chi connectivity index (χ3v) is 16.4. The van der Waals surface area contributed by atoms with Crippen LogP contribution in [0.1, 0.15) is 18.7 Å². The van der Waals surface area contributed by atoms with E-state index in [0.717, 1.165) is 34.8 Å². The van der Waals surface area contributed by atoms with Crippen molar-refractivity contribution in [3.05, 3.63) is 62.4 Å². The van der Waals surface area contributed by atoms with E-state index in [4.69, 9.17) is 38.3 Å². The average Bonchev–Trinajstić information content (AvgIpc) is 4.10. The molecule has 5 aromatic heterocycles. The Hall–Kier alpha value is -4.62. The zero-order chi connectivity index (χ0) is 53.1. The quantitative estimate of drug-likeness (QED) is 0.0258. The molecule has 8 rings (SSSR count). The molecule has 0 radical (unpaired) electrons. The number of nitrogen functional groups attached to an aromatic ring is 1. The first-order chi connectivity index (χ1) is 34.2. The predicted molar refractivity (Wildman–Crippen MR) is 233 cm³/mol. The van der Waals surface area contributed by atoms with Gasteiger partial charge in [0.15, 0.2) is 30.2 Å². The number of methoxy groups -OCH3 is 1. The molecule has 5 aromatic rings. The van der Waals surface area contributed by atoms with Crippen LogP contribution in [0.15, 0.2) is 45.6 Å². The minimum Gasteiger partial charge on any atom is -0.387 e. The van der Waals surface area contributed by atoms with Crippen molar-refractivity contribution in [1.82, 2.24) is 43.6 Å². The molecule has 0 aromatic carbocycles. The van der Waals surface area contributed by atoms with E-state index in [9.17, 15) is 72.6 Å². The fraction of sp³-hybridized carbons (Fsp3) is 0.562. The van der Waals surface area contributed by atoms with Gasteiger partial charge in [-0.05, 0) is 0 Å². The monoisotopic (exact) mass is 1120 g/mol. The van der Waals surface area contributed by atoms with Crippen LogP contribution in [-0.4, -0.2) is 173 Å². The number of nitrogens with one attached hydrogen (secondary N) is 3. The number of aromatic amines is 2. The molecule has 0 amide bonds. The standard InChI is InChI=1S/C32H44N12O25P4/c1-34-24-16-25(36-9-35-24)43(10-37-16)30-23(60-3)22(67-70(52,53)61-6-12-18(46)20(48)28(64-12)42-5-4-15(45)38-32(42)51)14(66-30)8-63-72(56,57)69-73(58,59)68-71(54,55)62-7-13-19(47)21(49)29(65-13)44-11-41(2)17-26(44)39-31(33)40-27(17)50/h4-5,9-14,18-23,28-30,46-49H,6-8H2,1-3H3,(H8-,33,34,35,36,38,39,40,45,50,51,52,53,54,55,56,57,58,59)/p+1/t12-,13-,14-,18?,19+,20+,21?,22?,23+,28-,29-,30-/m1/s1. The highest BCUT2D eigenvalue weighted by molar-refractivity contribution is 7.66. The first-order valence-corrected chi connectivity index (χ1v) is 26.7. The van der Waals surface area contributed by atoms with Crippen LogP contribution in [0.5, 0.6) is 0 Å². The molecule has 8 heterocycles. The summed E-state index contributed by atoms with van der Waals surface area (Å²) in [4.78, 5) is 99.2. The fourth-order valence-corrected chi connectivity index (χ4v) is 12.4. The van der Waals surface area contributed by atoms with Gasteiger partial charge in [0, 0.05) is 26.4 Å². The van der Waals surface area contributed by atoms with Crippen molar-refractivity contribution in [2.75, 3.05) is 45.0 Å². The van der Waals surface area contributed by atoms with E-state index in [0.29, 0.717) is 0 Å². The number of hydrogen-bond donors (Lipinski definition) is 12. The Balaban J connectivity index is 0.937. The van der Waals surface area contributed by atoms with E-state index in [1.807, 2.05) is 4.98 Å². The van der Waals surface area contributed by atoms with Gasteiger partial charge < -0.3 is 70.0 Å². The first kappa shape index (κ1) is 54.6. The van der Waals surface area contributed by atoms with Crippen molar-refractivity contribution in [1.29, 1.82) is 0 Å². The summed E-state index contributed by atoms with van der Waals surface area (Å²) in [5.41, 5.74) is 3.31. The highest BCUT2D eigenvalue weighted by Crippen LogP contribution is 2.68. The maximum Gasteiger partial charge on any atom is 0.490 e. The number of imidazole rings is 2. The number of rotatable bonds is 20. The van der Waals surface area contributed by atoms with E-state index in [1.165, 1.54) is 35.9 Å². The molecule has 3 aliphatic rings. The molecular formula is C32H45N12O25P4+. The fourth-order valence-electron chi connectivity index (χ4n) is 7.95. The number of phosphoric ester groups is 3. The number of aryl methyl sites for hydroxylation is 1. The Morgan fingerprint density at radius 3 is 2.04 bits per heavy atom. The van der Waals surface area contributed by atoms with Gasteiger partial charge in [-0.3, -0.25) is 51.4 Å². The predicted octanol–water partition coefficient (Wildman–Crippen LogP) is -4.42. The van der Waals surface area contributed by atoms with Gasteiger partial charge in [-0.2, -0.15) is 8.62 Å². The summed E-state index contributed by atoms with van der Waals surface area (Å²) in [5.74, 6) is -0.0662. The number of fused-ring (bicyclic) bond motifs is 2. The van der Waals surface area contributed by atoms with Crippen LogP contribution in [0.4, 0.5) is 11.8 Å². The molecule has 16 atom stereocenters. The topological polar surface area (TPSA) is 513 Å². The normalized spacial score (nSPS) is 30.8. The Labute approximate surface area is 405 Å². The maximum absolute atomic E-state index is 13.6. The highest BCUT2D eigenvalue weighted by Gasteiger charge is 2.54. The minimum atomic E-state index is -6.20. The molecule has 402 valence electrons. The Bertz CT molecular complexity index is 3240. The summed E-state index contributed by atoms with van der Waals surface area (Å²) in [5, 5.41) is 45.5. The van der Waals surface area contributed by atoms with Crippen molar-refractivity contribution in [2.45, 2.75) is 73.6 Å². The lowest BCUT2D eigenvalue weighted by atomic mass is 10.1. The molecule has 0 bridgehead atoms. The number of H-pyrrole nitrogens is 2. The zero-order valence-electron chi connectivity index (χ0n) is 37.4. The van der Waals surface area contributed by atoms with Gasteiger partial charge in [-0.15, -0.1) is 0 Å². The Kier molecular flexibility index (Phi) is 15.6. The van der Waals surface area contributed by atoms with Crippen LogP contribution in [0, 0.1) is 0 Å². The smallest absolute Gasteiger partial charge is 0.387 e. The molecule has 7 unspecified atom stereocenters. The summed E-state index contributed by atoms with van der Waals surface area (Å²) < 4.78 is 108. The Morgan fingerprint density at radius 2 is 1.40 bits per heavy atom. The molecule has 0 saturated carbocycles. The molecule has 0 spiro atoms. The molecule has 0 aliphatic carbocycles. The second kappa shape index (κ2) is 20.8. The van der Waals surface area contributed by atoms with Gasteiger partial charge >= 0.3 is 42.6 Å². The van der Waals surface area contributed by atoms with Crippen LogP contribution >= 0.6 is 31.3 Å². The summed E-state index contributed by atoms with van der Waals surface area (Å²) in [6, 6.07) is 0.924. The van der Waals surface area contributed by atoms with Crippen molar-refractivity contribution >= 4 is 65.4 Å². The second-order valence-electron chi connectivity index (χ2n) is 15.9. The SMILES string of the molecule is CNc1ncnc2c1ncn2[C@@H]1O[C@H](COP(=O)(O)OP(=O)(O)OP(=O)(O)OC[C@H]2O[C@@H]([n+]3cn(C)c4c(=O)[nH]c(N)nc43)C(O)[C@H]2O)C(OP(=O)(O)OC[C@H]2O[C@@H](n3ccc(=O)[nH]c3=O)[C@@H](O)C2O)[C@@H]1OC. The highest BCUT2D eigenvalue weighted by atomic mass is 31.3. The number of nitrogens with two attached hydrogens (primary N) is 1. The van der Waals surface area contributed by atoms with Crippen LogP contribution < -0.4 is 32.4 Å². The van der Waals surface area contributed by atoms with Crippen LogP contribution in [-0.2, 0) is 71.0 Å². The number of aromatic nitrogens is 10. The molecule has 3 saturated heterocycles. The lowest BCUT2D eigenvalue weighted by Gasteiger charge is -2.26. The van der Waals surface area contributed by atoms with Gasteiger partial charge in [-0.1, -0.05) is 4.98 Å². The number of aliphatic hydroxyl groups is 4. The maximum atomic E-state index is 13.6. The van der Waals surface area contributed by atoms with Crippen molar-refractivity contribution < 1.29 is 108 Å². The van der Waals surface area contributed by atoms with E-state index in [2.05, 4.69) is 43.4 Å². The van der Waals surface area contributed by atoms with Crippen LogP contribution in [0.3, 0.4) is 0 Å². The van der Waals surface area contributed by atoms with Crippen molar-refractivity contribution in [3.63, 3.8) is 0 Å². The van der Waals surface area contributed by atoms with Gasteiger partial charge in [0.2, 0.25) is 11.7 Å². The molecule has 13 N–H and O–H groups in total. The van der Waals surface area contributed by atoms with Crippen LogP contribution in [0.2, 0.25) is 0 Å². The molecule has 73 heavy (non-hydrogen) atoms. The first-order valence-electron chi connectivity index (χ1n) is 20.7. The van der Waals surface area contributed by atoms with Crippen molar-refractivity contribution in [3.8, 4) is 0 Å². The minimum absolute atomic E-state index is 0.0234. The second-order valence-corrected chi connectivity index (χ2v) is 22.0. The lowest BCUT2D eigenvalue weighted by molar-refractivity contribution is -0.745. The zero-order valence-corrected chi connectivity index (χ0v) is 41.0. The molecule has 41 heteroatoms. The largest absolute Gasteiger partial charge is 0.490 e. The Morgan fingerprint density at radius 1 is 0.781 bits per heavy atom. The van der Waals surface area contributed by atoms with E-state index in [-0.39, 0.29) is 34.1 Å². The molecule has 37 nitrogen and oxygen atoms in total. The van der Waals surface area contributed by atoms with Gasteiger partial charge in [0.1, 0.15) is 66.8 Å². The number of aliphatic hydroxyl groups excluding tert-OH is 4. The van der Waals surface area contributed by atoms with E-state index >= 15 is 0 Å². The third kappa shape index (κ3) is 11.5. The third-order valence-electron chi connectivity index (χ3n) is 11.2. The van der Waals surface area contributed by atoms with Crippen LogP contribution in [0.25, 0.3) is 22.3 Å². The number of nitrogens with zero attached hydrogens (tertiary/aromatic N) is 8. The van der Waals surface area contributed by atoms with Crippen molar-refractivity contribution in [2.24, 2.45) is 7.05 Å². The van der Waals surface area contributed by atoms with Gasteiger partial charge in [-0.25, -0.2) is 42.6 Å². The van der Waals surface area contributed by atoms with E-state index in [1.54, 1.807) is 0 Å². The number of phosphoric acid groups is 4. The summed E-state index contributed by atoms with van der Waals surface area (Å²) in [7, 11) is -19.4. The lowest BCUT2D eigenvalue weighted by Crippen LogP contribution is -2.46. The van der Waals surface area contributed by atoms with Gasteiger partial charge in [0.05, 0.1) is 33.2 Å². The number of ether oxygens (including phenoxy) is 4. The van der Waals surface area contributed by atoms with E-state index < -0.39 is 142 Å². The molecular weight excluding hydrogens is 1080 g/mol. The van der Waals surface area contributed by atoms with Gasteiger partial charge in [0.25, 0.3) is 17.1 Å². The number of hydrogen-bond acceptors (Lipinski definition) is 27.